The Hall–Kier alpha value is -2.39. The standard InChI is InChI=1S/C25H26ClFN4O2S/c26-19-11-15(8-9-20(19)27)12-28-23(32)17-7-4-10-31(13-17)25-29-21-18(16-5-2-1-3-6-16)14-34-22(21)24(33)30-25/h1-3,5-6,8-9,11,14,17,21-22,25,29H,4,7,10,12-13H2,(H,28,32)(H,30,33). The zero-order chi connectivity index (χ0) is 23.7. The van der Waals surface area contributed by atoms with Crippen LogP contribution in [0.15, 0.2) is 53.9 Å². The van der Waals surface area contributed by atoms with E-state index in [1.54, 1.807) is 17.8 Å². The summed E-state index contributed by atoms with van der Waals surface area (Å²) >= 11 is 7.39. The van der Waals surface area contributed by atoms with E-state index < -0.39 is 5.82 Å². The zero-order valence-electron chi connectivity index (χ0n) is 18.5. The Bertz CT molecular complexity index is 1120. The fourth-order valence-electron chi connectivity index (χ4n) is 4.79. The lowest BCUT2D eigenvalue weighted by molar-refractivity contribution is -0.129. The zero-order valence-corrected chi connectivity index (χ0v) is 20.0. The highest BCUT2D eigenvalue weighted by Crippen LogP contribution is 2.38. The molecule has 4 atom stereocenters. The molecule has 3 N–H and O–H groups in total. The summed E-state index contributed by atoms with van der Waals surface area (Å²) in [5, 5.41) is 11.6. The average molecular weight is 501 g/mol. The van der Waals surface area contributed by atoms with Crippen molar-refractivity contribution in [3.8, 4) is 0 Å². The van der Waals surface area contributed by atoms with Gasteiger partial charge in [-0.25, -0.2) is 4.39 Å². The molecule has 2 fully saturated rings. The SMILES string of the molecule is O=C(NCc1ccc(F)c(Cl)c1)C1CCCN(C2NC(=O)C3SC=C(c4ccccc4)C3N2)C1. The lowest BCUT2D eigenvalue weighted by Gasteiger charge is -2.43. The maximum absolute atomic E-state index is 13.4. The van der Waals surface area contributed by atoms with E-state index in [1.165, 1.54) is 12.1 Å². The van der Waals surface area contributed by atoms with Gasteiger partial charge in [0.25, 0.3) is 0 Å². The van der Waals surface area contributed by atoms with Crippen molar-refractivity contribution in [1.82, 2.24) is 20.9 Å². The average Bonchev–Trinajstić information content (AvgIpc) is 3.30. The van der Waals surface area contributed by atoms with Gasteiger partial charge in [-0.15, -0.1) is 11.8 Å². The van der Waals surface area contributed by atoms with Gasteiger partial charge in [0.2, 0.25) is 11.8 Å². The number of likely N-dealkylation sites (tertiary alicyclic amines) is 1. The van der Waals surface area contributed by atoms with Crippen LogP contribution in [-0.4, -0.2) is 47.4 Å². The van der Waals surface area contributed by atoms with Crippen molar-refractivity contribution in [2.75, 3.05) is 13.1 Å². The van der Waals surface area contributed by atoms with Crippen LogP contribution in [0.4, 0.5) is 4.39 Å². The van der Waals surface area contributed by atoms with Gasteiger partial charge >= 0.3 is 0 Å². The van der Waals surface area contributed by atoms with Crippen LogP contribution in [0.3, 0.4) is 0 Å². The number of hydrogen-bond acceptors (Lipinski definition) is 5. The van der Waals surface area contributed by atoms with E-state index in [-0.39, 0.29) is 40.3 Å². The van der Waals surface area contributed by atoms with Crippen LogP contribution in [0.1, 0.15) is 24.0 Å². The van der Waals surface area contributed by atoms with E-state index in [0.29, 0.717) is 13.1 Å². The number of carbonyl (C=O) groups excluding carboxylic acids is 2. The Morgan fingerprint density at radius 2 is 2.06 bits per heavy atom. The van der Waals surface area contributed by atoms with Crippen LogP contribution in [0.2, 0.25) is 5.02 Å². The molecular weight excluding hydrogens is 475 g/mol. The number of hydrogen-bond donors (Lipinski definition) is 3. The largest absolute Gasteiger partial charge is 0.352 e. The first-order valence-electron chi connectivity index (χ1n) is 11.4. The summed E-state index contributed by atoms with van der Waals surface area (Å²) in [6.45, 7) is 1.63. The molecule has 4 unspecified atom stereocenters. The van der Waals surface area contributed by atoms with Crippen molar-refractivity contribution < 1.29 is 14.0 Å². The number of nitrogens with zero attached hydrogens (tertiary/aromatic N) is 1. The first-order chi connectivity index (χ1) is 16.5. The minimum Gasteiger partial charge on any atom is -0.352 e. The van der Waals surface area contributed by atoms with Crippen molar-refractivity contribution >= 4 is 40.8 Å². The second-order valence-corrected chi connectivity index (χ2v) is 10.3. The summed E-state index contributed by atoms with van der Waals surface area (Å²) in [6.07, 6.45) is 1.31. The minimum absolute atomic E-state index is 0.0145. The van der Waals surface area contributed by atoms with Gasteiger partial charge in [-0.2, -0.15) is 0 Å². The van der Waals surface area contributed by atoms with Gasteiger partial charge in [0.1, 0.15) is 17.4 Å². The molecule has 2 aromatic carbocycles. The van der Waals surface area contributed by atoms with Crippen LogP contribution < -0.4 is 16.0 Å². The Labute approximate surface area is 207 Å². The van der Waals surface area contributed by atoms with E-state index in [2.05, 4.69) is 38.4 Å². The molecule has 9 heteroatoms. The number of nitrogens with one attached hydrogen (secondary N) is 3. The van der Waals surface area contributed by atoms with E-state index >= 15 is 0 Å². The third kappa shape index (κ3) is 4.86. The molecule has 2 aromatic rings. The van der Waals surface area contributed by atoms with E-state index in [4.69, 9.17) is 11.6 Å². The highest BCUT2D eigenvalue weighted by atomic mass is 35.5. The summed E-state index contributed by atoms with van der Waals surface area (Å²) in [6, 6.07) is 14.5. The number of piperidine rings is 1. The second-order valence-electron chi connectivity index (χ2n) is 8.85. The van der Waals surface area contributed by atoms with Crippen molar-refractivity contribution in [3.63, 3.8) is 0 Å². The fourth-order valence-corrected chi connectivity index (χ4v) is 6.15. The molecule has 3 heterocycles. The highest BCUT2D eigenvalue weighted by molar-refractivity contribution is 8.04. The van der Waals surface area contributed by atoms with Gasteiger partial charge < -0.3 is 10.6 Å². The summed E-state index contributed by atoms with van der Waals surface area (Å²) in [4.78, 5) is 27.9. The molecular formula is C25H26ClFN4O2S. The number of rotatable bonds is 5. The summed E-state index contributed by atoms with van der Waals surface area (Å²) in [7, 11) is 0. The molecule has 0 radical (unpaired) electrons. The fraction of sp³-hybridized carbons (Fsp3) is 0.360. The smallest absolute Gasteiger partial charge is 0.237 e. The Kier molecular flexibility index (Phi) is 6.92. The number of amides is 2. The molecule has 3 aliphatic rings. The summed E-state index contributed by atoms with van der Waals surface area (Å²) in [5.41, 5.74) is 2.98. The van der Waals surface area contributed by atoms with Gasteiger partial charge in [-0.05, 0) is 47.1 Å². The van der Waals surface area contributed by atoms with Gasteiger partial charge in [0.15, 0.2) is 0 Å². The van der Waals surface area contributed by atoms with Crippen LogP contribution in [0.5, 0.6) is 0 Å². The molecule has 0 spiro atoms. The van der Waals surface area contributed by atoms with Crippen molar-refractivity contribution in [1.29, 1.82) is 0 Å². The number of halogens is 2. The maximum Gasteiger partial charge on any atom is 0.237 e. The lowest BCUT2D eigenvalue weighted by atomic mass is 9.94. The molecule has 2 saturated heterocycles. The van der Waals surface area contributed by atoms with Gasteiger partial charge in [0.05, 0.1) is 17.0 Å². The first-order valence-corrected chi connectivity index (χ1v) is 12.7. The van der Waals surface area contributed by atoms with Crippen molar-refractivity contribution in [2.45, 2.75) is 37.0 Å². The number of carbonyl (C=O) groups is 2. The van der Waals surface area contributed by atoms with Gasteiger partial charge in [-0.1, -0.05) is 48.0 Å². The van der Waals surface area contributed by atoms with Crippen LogP contribution in [0, 0.1) is 11.7 Å². The van der Waals surface area contributed by atoms with Crippen LogP contribution >= 0.6 is 23.4 Å². The predicted molar refractivity (Wildman–Crippen MR) is 132 cm³/mol. The molecule has 34 heavy (non-hydrogen) atoms. The second kappa shape index (κ2) is 10.1. The summed E-state index contributed by atoms with van der Waals surface area (Å²) < 4.78 is 13.4. The molecule has 0 bridgehead atoms. The molecule has 6 nitrogen and oxygen atoms in total. The van der Waals surface area contributed by atoms with E-state index in [1.807, 2.05) is 18.2 Å². The van der Waals surface area contributed by atoms with Crippen LogP contribution in [-0.2, 0) is 16.1 Å². The third-order valence-corrected chi connectivity index (χ3v) is 8.06. The van der Waals surface area contributed by atoms with Gasteiger partial charge in [-0.3, -0.25) is 19.8 Å². The lowest BCUT2D eigenvalue weighted by Crippen LogP contribution is -2.69. The van der Waals surface area contributed by atoms with E-state index in [9.17, 15) is 14.0 Å². The monoisotopic (exact) mass is 500 g/mol. The van der Waals surface area contributed by atoms with Crippen molar-refractivity contribution in [2.24, 2.45) is 5.92 Å². The molecule has 0 aromatic heterocycles. The maximum atomic E-state index is 13.4. The molecule has 0 saturated carbocycles. The van der Waals surface area contributed by atoms with Crippen LogP contribution in [0.25, 0.3) is 5.57 Å². The van der Waals surface area contributed by atoms with Gasteiger partial charge in [0, 0.05) is 19.6 Å². The number of fused-ring (bicyclic) bond motifs is 1. The normalized spacial score (nSPS) is 27.0. The summed E-state index contributed by atoms with van der Waals surface area (Å²) in [5.74, 6) is -0.704. The molecule has 0 aliphatic carbocycles. The third-order valence-electron chi connectivity index (χ3n) is 6.60. The molecule has 3 aliphatic heterocycles. The number of thioether (sulfide) groups is 1. The quantitative estimate of drug-likeness (QED) is 0.587. The Morgan fingerprint density at radius 1 is 1.24 bits per heavy atom. The minimum atomic E-state index is -0.477. The van der Waals surface area contributed by atoms with E-state index in [0.717, 1.165) is 36.1 Å². The van der Waals surface area contributed by atoms with Crippen molar-refractivity contribution in [3.05, 3.63) is 75.9 Å². The Morgan fingerprint density at radius 3 is 2.85 bits per heavy atom. The molecule has 2 amide bonds. The Balaban J connectivity index is 1.22. The first kappa shape index (κ1) is 23.4. The molecule has 178 valence electrons. The number of benzene rings is 2. The predicted octanol–water partition coefficient (Wildman–Crippen LogP) is 3.34. The topological polar surface area (TPSA) is 73.5 Å². The highest BCUT2D eigenvalue weighted by Gasteiger charge is 2.44. The molecule has 5 rings (SSSR count).